The summed E-state index contributed by atoms with van der Waals surface area (Å²) in [5.74, 6) is 1.11. The van der Waals surface area contributed by atoms with Gasteiger partial charge in [0.15, 0.2) is 11.4 Å². The van der Waals surface area contributed by atoms with Crippen molar-refractivity contribution in [3.63, 3.8) is 0 Å². The smallest absolute Gasteiger partial charge is 0.246 e. The van der Waals surface area contributed by atoms with Crippen LogP contribution in [-0.4, -0.2) is 19.9 Å². The lowest BCUT2D eigenvalue weighted by Crippen LogP contribution is -1.96. The van der Waals surface area contributed by atoms with Crippen LogP contribution < -0.4 is 0 Å². The Hall–Kier alpha value is -4.90. The molecule has 3 heterocycles. The summed E-state index contributed by atoms with van der Waals surface area (Å²) in [7, 11) is 0. The van der Waals surface area contributed by atoms with E-state index in [1.807, 2.05) is 66.7 Å². The van der Waals surface area contributed by atoms with Crippen molar-refractivity contribution in [1.29, 1.82) is 0 Å². The van der Waals surface area contributed by atoms with E-state index in [0.717, 1.165) is 49.6 Å². The molecule has 0 unspecified atom stereocenters. The predicted molar refractivity (Wildman–Crippen MR) is 139 cm³/mol. The van der Waals surface area contributed by atoms with Crippen LogP contribution in [0.2, 0.25) is 0 Å². The van der Waals surface area contributed by atoms with Crippen molar-refractivity contribution >= 4 is 32.8 Å². The minimum atomic E-state index is 0.475. The number of para-hydroxylation sites is 2. The molecule has 0 aliphatic carbocycles. The Morgan fingerprint density at radius 1 is 0.600 bits per heavy atom. The zero-order valence-electron chi connectivity index (χ0n) is 18.6. The van der Waals surface area contributed by atoms with Gasteiger partial charge in [0.25, 0.3) is 0 Å². The van der Waals surface area contributed by atoms with Crippen LogP contribution in [0.5, 0.6) is 0 Å². The van der Waals surface area contributed by atoms with Gasteiger partial charge in [-0.05, 0) is 35.7 Å². The van der Waals surface area contributed by atoms with E-state index < -0.39 is 0 Å². The molecule has 0 bridgehead atoms. The highest BCUT2D eigenvalue weighted by molar-refractivity contribution is 6.09. The van der Waals surface area contributed by atoms with Crippen LogP contribution >= 0.6 is 0 Å². The van der Waals surface area contributed by atoms with Gasteiger partial charge < -0.3 is 4.42 Å². The second kappa shape index (κ2) is 7.85. The standard InChI is InChI=1S/C30H18N4O/c1-2-9-20(10-3-1)27-23-15-14-19-8-4-5-11-22(19)28(23)34-29(33-27)21-16-17-31-25(18-21)30-32-24-12-6-7-13-26(24)35-30/h1-18H. The third kappa shape index (κ3) is 3.33. The number of pyridine rings is 1. The van der Waals surface area contributed by atoms with Gasteiger partial charge in [-0.25, -0.2) is 15.0 Å². The topological polar surface area (TPSA) is 64.7 Å². The van der Waals surface area contributed by atoms with Gasteiger partial charge in [-0.1, -0.05) is 72.8 Å². The van der Waals surface area contributed by atoms with Crippen LogP contribution in [0.15, 0.2) is 114 Å². The maximum atomic E-state index is 5.95. The SMILES string of the molecule is c1ccc(-c2nc(-c3ccnc(-c4nc5ccccc5o4)c3)nc3c2ccc2ccccc23)cc1. The van der Waals surface area contributed by atoms with Crippen LogP contribution in [-0.2, 0) is 0 Å². The quantitative estimate of drug-likeness (QED) is 0.264. The molecule has 7 aromatic rings. The van der Waals surface area contributed by atoms with Gasteiger partial charge in [0.05, 0.1) is 11.2 Å². The van der Waals surface area contributed by atoms with Gasteiger partial charge in [0.1, 0.15) is 11.2 Å². The van der Waals surface area contributed by atoms with Crippen LogP contribution in [0, 0.1) is 0 Å². The molecule has 0 aliphatic rings. The first-order chi connectivity index (χ1) is 17.3. The minimum absolute atomic E-state index is 0.475. The lowest BCUT2D eigenvalue weighted by molar-refractivity contribution is 0.617. The molecule has 5 heteroatoms. The summed E-state index contributed by atoms with van der Waals surface area (Å²) in [5.41, 5.74) is 5.89. The third-order valence-corrected chi connectivity index (χ3v) is 6.17. The average molecular weight is 451 g/mol. The summed E-state index contributed by atoms with van der Waals surface area (Å²) in [5, 5.41) is 3.26. The van der Waals surface area contributed by atoms with Crippen molar-refractivity contribution in [2.24, 2.45) is 0 Å². The van der Waals surface area contributed by atoms with E-state index in [9.17, 15) is 0 Å². The number of aromatic nitrogens is 4. The van der Waals surface area contributed by atoms with Crippen LogP contribution in [0.4, 0.5) is 0 Å². The zero-order chi connectivity index (χ0) is 23.2. The largest absolute Gasteiger partial charge is 0.435 e. The van der Waals surface area contributed by atoms with Gasteiger partial charge >= 0.3 is 0 Å². The zero-order valence-corrected chi connectivity index (χ0v) is 18.6. The van der Waals surface area contributed by atoms with E-state index in [1.54, 1.807) is 6.20 Å². The molecule has 7 rings (SSSR count). The predicted octanol–water partition coefficient (Wildman–Crippen LogP) is 7.32. The second-order valence-electron chi connectivity index (χ2n) is 8.36. The van der Waals surface area contributed by atoms with Gasteiger partial charge in [0.2, 0.25) is 5.89 Å². The lowest BCUT2D eigenvalue weighted by atomic mass is 10.0. The maximum absolute atomic E-state index is 5.95. The molecule has 0 aliphatic heterocycles. The fourth-order valence-electron chi connectivity index (χ4n) is 4.48. The first-order valence-corrected chi connectivity index (χ1v) is 11.4. The summed E-state index contributed by atoms with van der Waals surface area (Å²) in [6.07, 6.45) is 1.75. The van der Waals surface area contributed by atoms with Crippen molar-refractivity contribution in [1.82, 2.24) is 19.9 Å². The van der Waals surface area contributed by atoms with Gasteiger partial charge in [0, 0.05) is 28.1 Å². The minimum Gasteiger partial charge on any atom is -0.435 e. The highest BCUT2D eigenvalue weighted by Gasteiger charge is 2.16. The van der Waals surface area contributed by atoms with E-state index in [0.29, 0.717) is 17.4 Å². The number of oxazole rings is 1. The van der Waals surface area contributed by atoms with E-state index in [2.05, 4.69) is 46.4 Å². The van der Waals surface area contributed by atoms with Crippen molar-refractivity contribution in [3.8, 4) is 34.2 Å². The Morgan fingerprint density at radius 2 is 1.43 bits per heavy atom. The monoisotopic (exact) mass is 450 g/mol. The fourth-order valence-corrected chi connectivity index (χ4v) is 4.48. The van der Waals surface area contributed by atoms with Gasteiger partial charge in [-0.2, -0.15) is 0 Å². The fraction of sp³-hybridized carbons (Fsp3) is 0. The molecule has 4 aromatic carbocycles. The Labute approximate surface area is 200 Å². The molecule has 0 atom stereocenters. The molecule has 3 aromatic heterocycles. The van der Waals surface area contributed by atoms with E-state index in [4.69, 9.17) is 14.4 Å². The number of hydrogen-bond acceptors (Lipinski definition) is 5. The van der Waals surface area contributed by atoms with Crippen molar-refractivity contribution in [2.45, 2.75) is 0 Å². The van der Waals surface area contributed by atoms with E-state index >= 15 is 0 Å². The van der Waals surface area contributed by atoms with Gasteiger partial charge in [-0.15, -0.1) is 0 Å². The molecule has 5 nitrogen and oxygen atoms in total. The van der Waals surface area contributed by atoms with Crippen LogP contribution in [0.3, 0.4) is 0 Å². The van der Waals surface area contributed by atoms with Gasteiger partial charge in [-0.3, -0.25) is 4.98 Å². The average Bonchev–Trinajstić information content (AvgIpc) is 3.37. The normalized spacial score (nSPS) is 11.4. The Bertz CT molecular complexity index is 1820. The first-order valence-electron chi connectivity index (χ1n) is 11.4. The molecule has 0 spiro atoms. The molecule has 0 amide bonds. The lowest BCUT2D eigenvalue weighted by Gasteiger charge is -2.11. The van der Waals surface area contributed by atoms with Crippen LogP contribution in [0.1, 0.15) is 0 Å². The molecule has 0 radical (unpaired) electrons. The van der Waals surface area contributed by atoms with E-state index in [-0.39, 0.29) is 0 Å². The Morgan fingerprint density at radius 3 is 2.34 bits per heavy atom. The second-order valence-corrected chi connectivity index (χ2v) is 8.36. The number of benzene rings is 4. The maximum Gasteiger partial charge on any atom is 0.246 e. The third-order valence-electron chi connectivity index (χ3n) is 6.17. The Balaban J connectivity index is 1.47. The molecule has 0 N–H and O–H groups in total. The highest BCUT2D eigenvalue weighted by Crippen LogP contribution is 2.34. The van der Waals surface area contributed by atoms with Crippen molar-refractivity contribution < 1.29 is 4.42 Å². The van der Waals surface area contributed by atoms with Crippen LogP contribution in [0.25, 0.3) is 67.0 Å². The summed E-state index contributed by atoms with van der Waals surface area (Å²) in [6, 6.07) is 34.3. The number of hydrogen-bond donors (Lipinski definition) is 0. The Kier molecular flexibility index (Phi) is 4.39. The molecule has 164 valence electrons. The molecule has 0 saturated carbocycles. The molecular formula is C30H18N4O. The number of rotatable bonds is 3. The van der Waals surface area contributed by atoms with Crippen molar-refractivity contribution in [2.75, 3.05) is 0 Å². The molecular weight excluding hydrogens is 432 g/mol. The highest BCUT2D eigenvalue weighted by atomic mass is 16.3. The van der Waals surface area contributed by atoms with E-state index in [1.165, 1.54) is 0 Å². The summed E-state index contributed by atoms with van der Waals surface area (Å²) < 4.78 is 5.95. The number of fused-ring (bicyclic) bond motifs is 4. The molecule has 0 saturated heterocycles. The first kappa shape index (κ1) is 19.6. The molecule has 0 fully saturated rings. The number of nitrogens with zero attached hydrogens (tertiary/aromatic N) is 4. The van der Waals surface area contributed by atoms with Crippen molar-refractivity contribution in [3.05, 3.63) is 109 Å². The summed E-state index contributed by atoms with van der Waals surface area (Å²) >= 11 is 0. The summed E-state index contributed by atoms with van der Waals surface area (Å²) in [6.45, 7) is 0. The summed E-state index contributed by atoms with van der Waals surface area (Å²) in [4.78, 5) is 19.2. The molecule has 35 heavy (non-hydrogen) atoms.